The number of anilines is 2. The highest BCUT2D eigenvalue weighted by Gasteiger charge is 2.29. The molecular weight excluding hydrogens is 706 g/mol. The zero-order chi connectivity index (χ0) is 38.8. The molecule has 1 unspecified atom stereocenters. The van der Waals surface area contributed by atoms with Crippen LogP contribution in [-0.2, 0) is 16.8 Å². The molecule has 8 rings (SSSR count). The Hall–Kier alpha value is -4.81. The maximum Gasteiger partial charge on any atom is 0.231 e. The number of carbonyl (C=O) groups is 1. The normalized spacial score (nSPS) is 19.6. The molecular formula is C44H56FN9O2. The Balaban J connectivity index is 0.917. The minimum absolute atomic E-state index is 0.0553. The average Bonchev–Trinajstić information content (AvgIpc) is 3.81. The molecule has 1 amide bonds. The number of nitrogens with zero attached hydrogens (tertiary/aromatic N) is 8. The Morgan fingerprint density at radius 1 is 0.911 bits per heavy atom. The van der Waals surface area contributed by atoms with Crippen molar-refractivity contribution in [3.63, 3.8) is 0 Å². The molecule has 2 aromatic carbocycles. The fraction of sp³-hybridized carbons (Fsp3) is 0.500. The number of carbonyl (C=O) groups excluding carboxylic acids is 1. The Kier molecular flexibility index (Phi) is 11.1. The third-order valence-corrected chi connectivity index (χ3v) is 11.7. The van der Waals surface area contributed by atoms with Crippen molar-refractivity contribution in [3.8, 4) is 11.4 Å². The van der Waals surface area contributed by atoms with Crippen molar-refractivity contribution >= 4 is 23.3 Å². The molecule has 5 heterocycles. The Bertz CT molecular complexity index is 2140. The predicted octanol–water partition coefficient (Wildman–Crippen LogP) is 7.90. The van der Waals surface area contributed by atoms with Gasteiger partial charge in [0.15, 0.2) is 5.65 Å². The van der Waals surface area contributed by atoms with Crippen LogP contribution in [0.5, 0.6) is 5.75 Å². The number of amides is 1. The fourth-order valence-corrected chi connectivity index (χ4v) is 8.52. The van der Waals surface area contributed by atoms with E-state index in [9.17, 15) is 4.79 Å². The molecule has 0 spiro atoms. The van der Waals surface area contributed by atoms with Crippen molar-refractivity contribution in [3.05, 3.63) is 95.1 Å². The number of ether oxygens (including phenoxy) is 1. The SMILES string of the molecule is CN1CCN(Cc2cc(F)cc(-n3nc(C(C)(C)C)cc3NC(=O)CCCC3CC[C@@H](Oc4ccc5nnc(N6CCCCC6)n5c4)c4ccccc43)c2)CC1. The summed E-state index contributed by atoms with van der Waals surface area (Å²) in [5.41, 5.74) is 5.43. The first-order chi connectivity index (χ1) is 27.1. The number of likely N-dealkylation sites (N-methyl/N-ethyl adjacent to an activating group) is 1. The van der Waals surface area contributed by atoms with Crippen LogP contribution in [0, 0.1) is 5.82 Å². The van der Waals surface area contributed by atoms with E-state index in [1.54, 1.807) is 10.7 Å². The van der Waals surface area contributed by atoms with Crippen molar-refractivity contribution in [1.29, 1.82) is 0 Å². The van der Waals surface area contributed by atoms with E-state index < -0.39 is 0 Å². The van der Waals surface area contributed by atoms with E-state index in [1.807, 2.05) is 30.5 Å². The van der Waals surface area contributed by atoms with Gasteiger partial charge in [-0.2, -0.15) is 5.10 Å². The topological polar surface area (TPSA) is 96.1 Å². The van der Waals surface area contributed by atoms with Gasteiger partial charge in [-0.15, -0.1) is 10.2 Å². The van der Waals surface area contributed by atoms with Crippen molar-refractivity contribution in [1.82, 2.24) is 34.2 Å². The Labute approximate surface area is 329 Å². The number of nitrogens with one attached hydrogen (secondary N) is 1. The highest BCUT2D eigenvalue weighted by molar-refractivity contribution is 5.90. The standard InChI is InChI=1S/C44H56FN9O2/c1-44(2,3)39-28-41(54(49-39)34-26-31(25-33(45)27-34)29-51-23-21-50(4)22-24-51)46-42(55)14-10-11-32-15-17-38(37-13-7-6-12-36(32)37)56-35-16-18-40-47-48-43(53(40)30-35)52-19-8-5-9-20-52/h6-7,12-13,16,18,25-28,30,32,38H,5,8-11,14-15,17,19-24,29H2,1-4H3,(H,46,55)/t32?,38-/m1/s1. The van der Waals surface area contributed by atoms with Gasteiger partial charge in [0, 0.05) is 63.7 Å². The lowest BCUT2D eigenvalue weighted by atomic mass is 9.79. The maximum atomic E-state index is 15.1. The molecule has 1 N–H and O–H groups in total. The summed E-state index contributed by atoms with van der Waals surface area (Å²) in [6.45, 7) is 12.8. The summed E-state index contributed by atoms with van der Waals surface area (Å²) < 4.78 is 25.6. The zero-order valence-corrected chi connectivity index (χ0v) is 33.4. The first-order valence-corrected chi connectivity index (χ1v) is 20.5. The second kappa shape index (κ2) is 16.3. The summed E-state index contributed by atoms with van der Waals surface area (Å²) >= 11 is 0. The van der Waals surface area contributed by atoms with E-state index in [0.717, 1.165) is 93.6 Å². The minimum atomic E-state index is -0.310. The van der Waals surface area contributed by atoms with Crippen molar-refractivity contribution in [2.45, 2.75) is 96.1 Å². The van der Waals surface area contributed by atoms with E-state index in [-0.39, 0.29) is 23.2 Å². The third-order valence-electron chi connectivity index (χ3n) is 11.7. The second-order valence-electron chi connectivity index (χ2n) is 17.1. The molecule has 0 bridgehead atoms. The van der Waals surface area contributed by atoms with E-state index in [0.29, 0.717) is 30.4 Å². The van der Waals surface area contributed by atoms with Gasteiger partial charge >= 0.3 is 0 Å². The van der Waals surface area contributed by atoms with Crippen LogP contribution in [0.2, 0.25) is 0 Å². The number of hydrogen-bond donors (Lipinski definition) is 1. The quantitative estimate of drug-likeness (QED) is 0.145. The highest BCUT2D eigenvalue weighted by Crippen LogP contribution is 2.42. The van der Waals surface area contributed by atoms with E-state index in [4.69, 9.17) is 9.84 Å². The number of hydrogen-bond acceptors (Lipinski definition) is 8. The summed E-state index contributed by atoms with van der Waals surface area (Å²) in [5, 5.41) is 17.0. The average molecular weight is 762 g/mol. The largest absolute Gasteiger partial charge is 0.484 e. The van der Waals surface area contributed by atoms with E-state index in [2.05, 4.69) is 86.7 Å². The Morgan fingerprint density at radius 2 is 1.70 bits per heavy atom. The number of fused-ring (bicyclic) bond motifs is 2. The Morgan fingerprint density at radius 3 is 2.48 bits per heavy atom. The van der Waals surface area contributed by atoms with Crippen LogP contribution in [0.4, 0.5) is 16.2 Å². The molecule has 2 atom stereocenters. The smallest absolute Gasteiger partial charge is 0.231 e. The van der Waals surface area contributed by atoms with Gasteiger partial charge in [0.05, 0.1) is 17.6 Å². The van der Waals surface area contributed by atoms with Crippen LogP contribution < -0.4 is 15.0 Å². The van der Waals surface area contributed by atoms with E-state index in [1.165, 1.54) is 36.5 Å². The molecule has 0 saturated carbocycles. The van der Waals surface area contributed by atoms with Crippen LogP contribution in [-0.4, -0.2) is 86.4 Å². The summed E-state index contributed by atoms with van der Waals surface area (Å²) in [5.74, 6) is 2.22. The minimum Gasteiger partial charge on any atom is -0.484 e. The number of piperazine rings is 1. The first-order valence-electron chi connectivity index (χ1n) is 20.5. The monoisotopic (exact) mass is 761 g/mol. The zero-order valence-electron chi connectivity index (χ0n) is 33.4. The van der Waals surface area contributed by atoms with Crippen LogP contribution in [0.25, 0.3) is 11.3 Å². The van der Waals surface area contributed by atoms with Gasteiger partial charge in [0.1, 0.15) is 23.5 Å². The summed E-state index contributed by atoms with van der Waals surface area (Å²) in [4.78, 5) is 20.5. The van der Waals surface area contributed by atoms with E-state index >= 15 is 4.39 Å². The molecule has 56 heavy (non-hydrogen) atoms. The molecule has 0 radical (unpaired) electrons. The van der Waals surface area contributed by atoms with Gasteiger partial charge < -0.3 is 19.9 Å². The number of halogens is 1. The van der Waals surface area contributed by atoms with Gasteiger partial charge in [0.2, 0.25) is 11.9 Å². The summed E-state index contributed by atoms with van der Waals surface area (Å²) in [6, 6.07) is 19.6. The number of aromatic nitrogens is 5. The number of benzene rings is 2. The van der Waals surface area contributed by atoms with Gasteiger partial charge in [-0.05, 0) is 105 Å². The third kappa shape index (κ3) is 8.61. The summed E-state index contributed by atoms with van der Waals surface area (Å²) in [7, 11) is 2.13. The lowest BCUT2D eigenvalue weighted by Crippen LogP contribution is -2.43. The van der Waals surface area contributed by atoms with Gasteiger partial charge in [-0.1, -0.05) is 45.0 Å². The predicted molar refractivity (Wildman–Crippen MR) is 218 cm³/mol. The first kappa shape index (κ1) is 38.1. The number of piperidine rings is 1. The molecule has 11 nitrogen and oxygen atoms in total. The molecule has 1 aliphatic carbocycles. The highest BCUT2D eigenvalue weighted by atomic mass is 19.1. The lowest BCUT2D eigenvalue weighted by Gasteiger charge is -2.32. The molecule has 12 heteroatoms. The van der Waals surface area contributed by atoms with Crippen LogP contribution in [0.1, 0.15) is 107 Å². The molecule has 2 saturated heterocycles. The van der Waals surface area contributed by atoms with Crippen LogP contribution in [0.3, 0.4) is 0 Å². The summed E-state index contributed by atoms with van der Waals surface area (Å²) in [6.07, 6.45) is 9.49. The van der Waals surface area contributed by atoms with Crippen molar-refractivity contribution in [2.75, 3.05) is 56.5 Å². The molecule has 2 fully saturated rings. The lowest BCUT2D eigenvalue weighted by molar-refractivity contribution is -0.116. The molecule has 5 aromatic rings. The van der Waals surface area contributed by atoms with Gasteiger partial charge in [-0.25, -0.2) is 9.07 Å². The molecule has 3 aliphatic rings. The molecule has 296 valence electrons. The van der Waals surface area contributed by atoms with Crippen molar-refractivity contribution in [2.24, 2.45) is 0 Å². The second-order valence-corrected chi connectivity index (χ2v) is 17.1. The van der Waals surface area contributed by atoms with Crippen LogP contribution in [0.15, 0.2) is 66.9 Å². The number of rotatable bonds is 11. The van der Waals surface area contributed by atoms with Gasteiger partial charge in [0.25, 0.3) is 0 Å². The van der Waals surface area contributed by atoms with Gasteiger partial charge in [-0.3, -0.25) is 14.1 Å². The number of pyridine rings is 1. The fourth-order valence-electron chi connectivity index (χ4n) is 8.52. The maximum absolute atomic E-state index is 15.1. The van der Waals surface area contributed by atoms with Crippen molar-refractivity contribution < 1.29 is 13.9 Å². The molecule has 2 aliphatic heterocycles. The molecule has 3 aromatic heterocycles. The van der Waals surface area contributed by atoms with Crippen LogP contribution >= 0.6 is 0 Å².